The molecule has 0 N–H and O–H groups in total. The molecule has 0 bridgehead atoms. The predicted octanol–water partition coefficient (Wildman–Crippen LogP) is 10.3. The molecule has 1 atom stereocenters. The number of alkyl halides is 3. The van der Waals surface area contributed by atoms with E-state index in [9.17, 15) is 31.5 Å². The van der Waals surface area contributed by atoms with Crippen LogP contribution < -0.4 is 9.47 Å². The lowest BCUT2D eigenvalue weighted by atomic mass is 10.0. The number of carbonyl (C=O) groups is 2. The van der Waals surface area contributed by atoms with E-state index < -0.39 is 35.9 Å². The van der Waals surface area contributed by atoms with Crippen LogP contribution in [0.15, 0.2) is 60.7 Å². The van der Waals surface area contributed by atoms with Crippen molar-refractivity contribution in [2.45, 2.75) is 90.3 Å². The normalized spacial score (nSPS) is 12.1. The minimum Gasteiger partial charge on any atom is -0.490 e. The Morgan fingerprint density at radius 2 is 1.25 bits per heavy atom. The van der Waals surface area contributed by atoms with E-state index in [2.05, 4.69) is 6.92 Å². The van der Waals surface area contributed by atoms with Gasteiger partial charge in [-0.3, -0.25) is 0 Å². The lowest BCUT2D eigenvalue weighted by molar-refractivity contribution is -0.206. The predicted molar refractivity (Wildman–Crippen MR) is 172 cm³/mol. The first-order valence-corrected chi connectivity index (χ1v) is 16.4. The van der Waals surface area contributed by atoms with Crippen LogP contribution in [-0.2, 0) is 9.47 Å². The third kappa shape index (κ3) is 12.2. The molecule has 0 aromatic heterocycles. The van der Waals surface area contributed by atoms with E-state index in [1.54, 1.807) is 0 Å². The van der Waals surface area contributed by atoms with Crippen LogP contribution >= 0.6 is 0 Å². The van der Waals surface area contributed by atoms with Crippen LogP contribution in [-0.4, -0.2) is 44.0 Å². The summed E-state index contributed by atoms with van der Waals surface area (Å²) in [4.78, 5) is 25.1. The number of ether oxygens (including phenoxy) is 4. The van der Waals surface area contributed by atoms with Gasteiger partial charge in [0.1, 0.15) is 5.75 Å². The summed E-state index contributed by atoms with van der Waals surface area (Å²) in [6, 6.07) is 13.3. The van der Waals surface area contributed by atoms with Gasteiger partial charge in [-0.2, -0.15) is 17.6 Å². The van der Waals surface area contributed by atoms with Gasteiger partial charge in [-0.15, -0.1) is 0 Å². The number of benzene rings is 3. The highest BCUT2D eigenvalue weighted by atomic mass is 19.4. The summed E-state index contributed by atoms with van der Waals surface area (Å²) in [5.74, 6) is -4.26. The quantitative estimate of drug-likeness (QED) is 0.0513. The van der Waals surface area contributed by atoms with Crippen molar-refractivity contribution in [1.29, 1.82) is 0 Å². The van der Waals surface area contributed by atoms with E-state index in [1.165, 1.54) is 60.7 Å². The molecule has 3 aromatic carbocycles. The van der Waals surface area contributed by atoms with Gasteiger partial charge in [0, 0.05) is 18.8 Å². The van der Waals surface area contributed by atoms with Crippen molar-refractivity contribution in [2.75, 3.05) is 19.8 Å². The first-order chi connectivity index (χ1) is 23.0. The van der Waals surface area contributed by atoms with Crippen molar-refractivity contribution in [1.82, 2.24) is 0 Å². The van der Waals surface area contributed by atoms with E-state index >= 15 is 0 Å². The average molecular weight is 679 g/mol. The number of rotatable bonds is 20. The molecule has 0 unspecified atom stereocenters. The van der Waals surface area contributed by atoms with Crippen LogP contribution in [0, 0.1) is 11.6 Å². The molecule has 0 saturated carbocycles. The lowest BCUT2D eigenvalue weighted by Crippen LogP contribution is -2.33. The number of hydrogen-bond donors (Lipinski definition) is 0. The van der Waals surface area contributed by atoms with E-state index in [0.717, 1.165) is 38.5 Å². The van der Waals surface area contributed by atoms with E-state index in [1.807, 2.05) is 6.92 Å². The summed E-state index contributed by atoms with van der Waals surface area (Å²) in [6.07, 6.45) is -0.0205. The molecule has 0 heterocycles. The zero-order valence-electron chi connectivity index (χ0n) is 27.4. The molecule has 262 valence electrons. The smallest absolute Gasteiger partial charge is 0.425 e. The molecule has 3 aromatic rings. The zero-order chi connectivity index (χ0) is 34.9. The van der Waals surface area contributed by atoms with E-state index in [-0.39, 0.29) is 47.6 Å². The highest BCUT2D eigenvalue weighted by Gasteiger charge is 2.42. The topological polar surface area (TPSA) is 71.1 Å². The average Bonchev–Trinajstić information content (AvgIpc) is 3.07. The SMILES string of the molecule is CCCCCC[C@@H](OC(=O)c1ccc(OC(=O)c2ccc(-c3ccc(OCCCCOCCCCC)c(F)c3F)cc2)cc1)C(F)(F)F. The molecule has 0 amide bonds. The fraction of sp³-hybridized carbons (Fsp3) is 0.459. The maximum atomic E-state index is 14.9. The summed E-state index contributed by atoms with van der Waals surface area (Å²) < 4.78 is 90.8. The second-order valence-electron chi connectivity index (χ2n) is 11.4. The highest BCUT2D eigenvalue weighted by molar-refractivity contribution is 5.92. The van der Waals surface area contributed by atoms with Crippen LogP contribution in [0.2, 0.25) is 0 Å². The van der Waals surface area contributed by atoms with Crippen LogP contribution in [0.4, 0.5) is 22.0 Å². The van der Waals surface area contributed by atoms with Crippen molar-refractivity contribution < 1.29 is 50.5 Å². The van der Waals surface area contributed by atoms with Gasteiger partial charge in [0.05, 0.1) is 17.7 Å². The summed E-state index contributed by atoms with van der Waals surface area (Å²) in [5.41, 5.74) is 0.278. The molecular weight excluding hydrogens is 635 g/mol. The Bertz CT molecular complexity index is 1420. The Hall–Kier alpha value is -3.99. The first-order valence-electron chi connectivity index (χ1n) is 16.4. The Morgan fingerprint density at radius 1 is 0.667 bits per heavy atom. The van der Waals surface area contributed by atoms with Gasteiger partial charge in [-0.25, -0.2) is 14.0 Å². The number of hydrogen-bond acceptors (Lipinski definition) is 6. The molecule has 0 aliphatic heterocycles. The molecule has 6 nitrogen and oxygen atoms in total. The molecule has 0 saturated heterocycles. The van der Waals surface area contributed by atoms with Gasteiger partial charge >= 0.3 is 18.1 Å². The third-order valence-corrected chi connectivity index (χ3v) is 7.55. The summed E-state index contributed by atoms with van der Waals surface area (Å²) >= 11 is 0. The minimum absolute atomic E-state index is 0.0172. The Kier molecular flexibility index (Phi) is 15.8. The van der Waals surface area contributed by atoms with Gasteiger partial charge < -0.3 is 18.9 Å². The molecule has 11 heteroatoms. The van der Waals surface area contributed by atoms with Gasteiger partial charge in [-0.1, -0.05) is 58.1 Å². The highest BCUT2D eigenvalue weighted by Crippen LogP contribution is 2.31. The standard InChI is InChI=1S/C37H43F5O6/c1-3-5-7-8-12-32(37(40,41)42)48-36(44)28-17-19-29(20-18-28)47-35(43)27-15-13-26(14-16-27)30-21-22-31(34(39)33(30)38)46-25-11-10-24-45-23-9-6-4-2/h13-22,32H,3-12,23-25H2,1-2H3/t32-/m1/s1. The maximum Gasteiger partial charge on any atom is 0.425 e. The van der Waals surface area contributed by atoms with Crippen molar-refractivity contribution in [2.24, 2.45) is 0 Å². The van der Waals surface area contributed by atoms with Gasteiger partial charge in [0.15, 0.2) is 17.7 Å². The summed E-state index contributed by atoms with van der Waals surface area (Å²) in [5, 5.41) is 0. The Balaban J connectivity index is 1.52. The van der Waals surface area contributed by atoms with Crippen molar-refractivity contribution in [3.8, 4) is 22.6 Å². The Labute approximate surface area is 278 Å². The van der Waals surface area contributed by atoms with Crippen molar-refractivity contribution in [3.05, 3.63) is 83.4 Å². The summed E-state index contributed by atoms with van der Waals surface area (Å²) in [6.45, 7) is 5.58. The van der Waals surface area contributed by atoms with Crippen LogP contribution in [0.25, 0.3) is 11.1 Å². The number of carbonyl (C=O) groups excluding carboxylic acids is 2. The van der Waals surface area contributed by atoms with Crippen LogP contribution in [0.5, 0.6) is 11.5 Å². The molecule has 0 radical (unpaired) electrons. The van der Waals surface area contributed by atoms with Crippen LogP contribution in [0.1, 0.15) is 98.8 Å². The largest absolute Gasteiger partial charge is 0.490 e. The monoisotopic (exact) mass is 678 g/mol. The molecule has 0 aliphatic carbocycles. The molecule has 0 fully saturated rings. The summed E-state index contributed by atoms with van der Waals surface area (Å²) in [7, 11) is 0. The van der Waals surface area contributed by atoms with E-state index in [0.29, 0.717) is 31.6 Å². The van der Waals surface area contributed by atoms with E-state index in [4.69, 9.17) is 18.9 Å². The zero-order valence-corrected chi connectivity index (χ0v) is 27.4. The Morgan fingerprint density at radius 3 is 1.90 bits per heavy atom. The fourth-order valence-electron chi connectivity index (χ4n) is 4.76. The first kappa shape index (κ1) is 38.5. The molecule has 0 spiro atoms. The second-order valence-corrected chi connectivity index (χ2v) is 11.4. The molecule has 48 heavy (non-hydrogen) atoms. The molecular formula is C37H43F5O6. The molecule has 3 rings (SSSR count). The van der Waals surface area contributed by atoms with Crippen LogP contribution in [0.3, 0.4) is 0 Å². The number of unbranched alkanes of at least 4 members (excludes halogenated alkanes) is 6. The van der Waals surface area contributed by atoms with Gasteiger partial charge in [-0.05, 0) is 86.2 Å². The molecule has 0 aliphatic rings. The van der Waals surface area contributed by atoms with Gasteiger partial charge in [0.2, 0.25) is 5.82 Å². The lowest BCUT2D eigenvalue weighted by Gasteiger charge is -2.20. The second kappa shape index (κ2) is 19.7. The number of esters is 2. The van der Waals surface area contributed by atoms with Crippen molar-refractivity contribution in [3.63, 3.8) is 0 Å². The number of halogens is 5. The fourth-order valence-corrected chi connectivity index (χ4v) is 4.76. The third-order valence-electron chi connectivity index (χ3n) is 7.55. The maximum absolute atomic E-state index is 14.9. The van der Waals surface area contributed by atoms with Crippen molar-refractivity contribution >= 4 is 11.9 Å². The van der Waals surface area contributed by atoms with Gasteiger partial charge in [0.25, 0.3) is 0 Å². The minimum atomic E-state index is -4.69.